The van der Waals surface area contributed by atoms with E-state index in [2.05, 4.69) is 55.4 Å². The Morgan fingerprint density at radius 1 is 0.488 bits per heavy atom. The Kier molecular flexibility index (Phi) is 43.5. The molecule has 0 aromatic rings. The molecule has 9 heteroatoms. The second-order valence-corrected chi connectivity index (χ2v) is 17.2. The minimum absolute atomic E-state index is 0. The molecular weight excluding hydrogens is 615 g/mol. The summed E-state index contributed by atoms with van der Waals surface area (Å²) in [6.45, 7) is 19.1. The van der Waals surface area contributed by atoms with Crippen molar-refractivity contribution in [2.75, 3.05) is 24.7 Å². The summed E-state index contributed by atoms with van der Waals surface area (Å²) in [5.74, 6) is 4.52. The molecule has 0 aliphatic rings. The van der Waals surface area contributed by atoms with Crippen molar-refractivity contribution in [3.63, 3.8) is 0 Å². The molecule has 0 aromatic carbocycles. The van der Waals surface area contributed by atoms with Gasteiger partial charge in [0.1, 0.15) is 0 Å². The second-order valence-electron chi connectivity index (χ2n) is 11.3. The Morgan fingerprint density at radius 2 is 0.756 bits per heavy atom. The Hall–Kier alpha value is 2.66. The summed E-state index contributed by atoms with van der Waals surface area (Å²) in [7, 11) is -3.04. The molecule has 0 saturated carbocycles. The molecular formula is C32H68CaO4P2S2. The maximum Gasteiger partial charge on any atom is 2.00 e. The predicted octanol–water partition coefficient (Wildman–Crippen LogP) is 11.1. The molecule has 0 spiro atoms. The van der Waals surface area contributed by atoms with Crippen molar-refractivity contribution >= 4 is 75.7 Å². The largest absolute Gasteiger partial charge is 2.00 e. The number of hydrogen-bond donors (Lipinski definition) is 0. The molecule has 0 aliphatic carbocycles. The summed E-state index contributed by atoms with van der Waals surface area (Å²) < 4.78 is 11.1. The number of unbranched alkanes of at least 4 members (excludes halogenated alkanes) is 4. The summed E-state index contributed by atoms with van der Waals surface area (Å²) in [5.41, 5.74) is 0. The van der Waals surface area contributed by atoms with Crippen molar-refractivity contribution in [2.45, 2.75) is 158 Å². The normalized spacial score (nSPS) is 15.7. The first kappa shape index (κ1) is 48.1. The Bertz CT molecular complexity index is 419. The van der Waals surface area contributed by atoms with E-state index in [-0.39, 0.29) is 37.7 Å². The van der Waals surface area contributed by atoms with Crippen molar-refractivity contribution in [3.8, 4) is 0 Å². The van der Waals surface area contributed by atoms with E-state index in [1.165, 1.54) is 113 Å². The molecule has 6 unspecified atom stereocenters. The zero-order valence-electron chi connectivity index (χ0n) is 28.5. The Labute approximate surface area is 298 Å². The van der Waals surface area contributed by atoms with Crippen LogP contribution in [-0.4, -0.2) is 62.5 Å². The summed E-state index contributed by atoms with van der Waals surface area (Å²) in [5, 5.41) is 0. The van der Waals surface area contributed by atoms with Crippen molar-refractivity contribution in [1.29, 1.82) is 0 Å². The molecule has 0 saturated heterocycles. The molecule has 244 valence electrons. The monoisotopic (exact) mass is 682 g/mol. The van der Waals surface area contributed by atoms with E-state index in [4.69, 9.17) is 9.05 Å². The molecule has 0 aromatic heterocycles. The van der Waals surface area contributed by atoms with Gasteiger partial charge in [0.15, 0.2) is 0 Å². The fourth-order valence-corrected chi connectivity index (χ4v) is 9.42. The molecule has 41 heavy (non-hydrogen) atoms. The van der Waals surface area contributed by atoms with Crippen LogP contribution in [0.15, 0.2) is 0 Å². The van der Waals surface area contributed by atoms with Gasteiger partial charge in [-0.25, -0.2) is 0 Å². The zero-order valence-corrected chi connectivity index (χ0v) is 34.1. The van der Waals surface area contributed by atoms with E-state index in [0.717, 1.165) is 24.3 Å². The minimum Gasteiger partial charge on any atom is -0.800 e. The molecule has 0 bridgehead atoms. The van der Waals surface area contributed by atoms with Crippen LogP contribution in [0.5, 0.6) is 0 Å². The van der Waals surface area contributed by atoms with E-state index >= 15 is 0 Å². The minimum atomic E-state index is -1.52. The molecule has 0 amide bonds. The van der Waals surface area contributed by atoms with E-state index in [1.807, 2.05) is 0 Å². The second kappa shape index (κ2) is 37.1. The van der Waals surface area contributed by atoms with Crippen LogP contribution in [0.25, 0.3) is 0 Å². The summed E-state index contributed by atoms with van der Waals surface area (Å²) in [6, 6.07) is 0. The fourth-order valence-electron chi connectivity index (χ4n) is 4.33. The van der Waals surface area contributed by atoms with Crippen LogP contribution in [0.4, 0.5) is 0 Å². The van der Waals surface area contributed by atoms with Gasteiger partial charge in [-0.15, -0.1) is 22.8 Å². The predicted molar refractivity (Wildman–Crippen MR) is 190 cm³/mol. The first-order chi connectivity index (χ1) is 19.3. The number of hydrogen-bond acceptors (Lipinski definition) is 6. The van der Waals surface area contributed by atoms with Crippen molar-refractivity contribution < 1.29 is 18.8 Å². The van der Waals surface area contributed by atoms with Gasteiger partial charge in [0.25, 0.3) is 0 Å². The maximum atomic E-state index is 11.9. The molecule has 4 nitrogen and oxygen atoms in total. The smallest absolute Gasteiger partial charge is 0.800 e. The van der Waals surface area contributed by atoms with Gasteiger partial charge in [0.05, 0.1) is 13.2 Å². The molecule has 0 aliphatic heterocycles. The van der Waals surface area contributed by atoms with E-state index in [0.29, 0.717) is 36.9 Å². The summed E-state index contributed by atoms with van der Waals surface area (Å²) in [6.07, 6.45) is 19.6. The Morgan fingerprint density at radius 3 is 1.00 bits per heavy atom. The number of rotatable bonds is 28. The maximum absolute atomic E-state index is 11.9. The van der Waals surface area contributed by atoms with Crippen LogP contribution < -0.4 is 9.79 Å². The third-order valence-electron chi connectivity index (χ3n) is 7.84. The first-order valence-corrected chi connectivity index (χ1v) is 22.3. The topological polar surface area (TPSA) is 64.6 Å². The van der Waals surface area contributed by atoms with Crippen LogP contribution in [0.2, 0.25) is 0 Å². The summed E-state index contributed by atoms with van der Waals surface area (Å²) in [4.78, 5) is 23.8. The fraction of sp³-hybridized carbons (Fsp3) is 1.00. The molecule has 6 atom stereocenters. The molecule has 0 heterocycles. The van der Waals surface area contributed by atoms with Crippen molar-refractivity contribution in [2.24, 2.45) is 23.7 Å². The SMILES string of the molecule is CCCCC(CC)COP([O-])SCC(CC)CCCC.CCCCC(CC)COP([O-])SCC(CC)CCCC.[Ca+2]. The quantitative estimate of drug-likeness (QED) is 0.0604. The third kappa shape index (κ3) is 32.4. The molecule has 0 radical (unpaired) electrons. The molecule has 0 N–H and O–H groups in total. The van der Waals surface area contributed by atoms with Gasteiger partial charge in [0.2, 0.25) is 0 Å². The molecule has 0 rings (SSSR count). The van der Waals surface area contributed by atoms with Gasteiger partial charge >= 0.3 is 37.7 Å². The molecule has 0 fully saturated rings. The van der Waals surface area contributed by atoms with Gasteiger partial charge in [-0.3, -0.25) is 0 Å². The summed E-state index contributed by atoms with van der Waals surface area (Å²) >= 11 is 3.05. The average Bonchev–Trinajstić information content (AvgIpc) is 2.97. The van der Waals surface area contributed by atoms with Crippen LogP contribution in [0, 0.1) is 23.7 Å². The zero-order chi connectivity index (χ0) is 30.4. The van der Waals surface area contributed by atoms with Crippen LogP contribution in [-0.2, 0) is 9.05 Å². The average molecular weight is 683 g/mol. The van der Waals surface area contributed by atoms with Gasteiger partial charge in [-0.05, 0) is 49.4 Å². The van der Waals surface area contributed by atoms with Crippen molar-refractivity contribution in [1.82, 2.24) is 0 Å². The third-order valence-corrected chi connectivity index (χ3v) is 13.0. The van der Waals surface area contributed by atoms with Gasteiger partial charge in [-0.2, -0.15) is 0 Å². The van der Waals surface area contributed by atoms with E-state index < -0.39 is 15.2 Å². The van der Waals surface area contributed by atoms with Gasteiger partial charge < -0.3 is 18.8 Å². The van der Waals surface area contributed by atoms with Crippen LogP contribution in [0.1, 0.15) is 158 Å². The standard InChI is InChI=1S/2C16H34O2PS.Ca/c2*1-5-9-11-15(7-3)13-18-19(17)20-14-16(8-4)12-10-6-2;/h2*15-16H,5-14H2,1-4H3;/q2*-1;+2. The van der Waals surface area contributed by atoms with Crippen LogP contribution in [0.3, 0.4) is 0 Å². The van der Waals surface area contributed by atoms with E-state index in [1.54, 1.807) is 0 Å². The van der Waals surface area contributed by atoms with Crippen molar-refractivity contribution in [3.05, 3.63) is 0 Å². The van der Waals surface area contributed by atoms with Gasteiger partial charge in [-0.1, -0.05) is 132 Å². The Balaban J connectivity index is -0.000000688. The van der Waals surface area contributed by atoms with Gasteiger partial charge in [0, 0.05) is 26.7 Å². The first-order valence-electron chi connectivity index (χ1n) is 16.8. The van der Waals surface area contributed by atoms with Crippen LogP contribution >= 0.6 is 37.9 Å². The van der Waals surface area contributed by atoms with E-state index in [9.17, 15) is 9.79 Å².